The summed E-state index contributed by atoms with van der Waals surface area (Å²) in [5.74, 6) is 1.85. The first-order valence-electron chi connectivity index (χ1n) is 12.6. The van der Waals surface area contributed by atoms with Crippen molar-refractivity contribution < 1.29 is 14.3 Å². The SMILES string of the molecule is COc1cc(C=Nc2sc3c(c2C(=O)Nc2ccccc2)CC[C@@H](C(C)(C)C)C3)ccc1OC(C)C. The monoisotopic (exact) mass is 504 g/mol. The number of methoxy groups -OCH3 is 1. The largest absolute Gasteiger partial charge is 0.493 e. The number of carbonyl (C=O) groups excluding carboxylic acids is 1. The van der Waals surface area contributed by atoms with Gasteiger partial charge in [0, 0.05) is 16.8 Å². The average Bonchev–Trinajstić information content (AvgIpc) is 3.21. The standard InChI is InChI=1S/C30H36N2O3S/c1-19(2)35-24-15-12-20(16-25(24)34-6)18-31-29-27(28(33)32-22-10-8-7-9-11-22)23-14-13-21(30(3,4)5)17-26(23)36-29/h7-12,15-16,18-19,21H,13-14,17H2,1-6H3,(H,32,33)/t21-/m1/s1. The van der Waals surface area contributed by atoms with Crippen molar-refractivity contribution in [3.63, 3.8) is 0 Å². The van der Waals surface area contributed by atoms with Gasteiger partial charge in [-0.2, -0.15) is 0 Å². The molecule has 190 valence electrons. The molecular weight excluding hydrogens is 468 g/mol. The van der Waals surface area contributed by atoms with E-state index in [1.807, 2.05) is 62.4 Å². The average molecular weight is 505 g/mol. The van der Waals surface area contributed by atoms with E-state index in [9.17, 15) is 4.79 Å². The van der Waals surface area contributed by atoms with E-state index in [1.54, 1.807) is 24.7 Å². The highest BCUT2D eigenvalue weighted by atomic mass is 32.1. The zero-order valence-corrected chi connectivity index (χ0v) is 22.9. The maximum absolute atomic E-state index is 13.5. The number of rotatable bonds is 7. The van der Waals surface area contributed by atoms with E-state index in [2.05, 4.69) is 26.1 Å². The molecule has 1 heterocycles. The summed E-state index contributed by atoms with van der Waals surface area (Å²) in [5, 5.41) is 3.83. The molecule has 2 aromatic carbocycles. The van der Waals surface area contributed by atoms with Crippen LogP contribution in [0.2, 0.25) is 0 Å². The summed E-state index contributed by atoms with van der Waals surface area (Å²) in [6.07, 6.45) is 4.82. The minimum Gasteiger partial charge on any atom is -0.493 e. The molecule has 0 fully saturated rings. The van der Waals surface area contributed by atoms with Crippen LogP contribution in [-0.4, -0.2) is 25.3 Å². The number of para-hydroxylation sites is 1. The summed E-state index contributed by atoms with van der Waals surface area (Å²) in [5.41, 5.74) is 3.75. The van der Waals surface area contributed by atoms with Crippen molar-refractivity contribution in [3.05, 3.63) is 70.1 Å². The second-order valence-corrected chi connectivity index (χ2v) is 11.7. The Morgan fingerprint density at radius 1 is 1.14 bits per heavy atom. The van der Waals surface area contributed by atoms with E-state index in [-0.39, 0.29) is 17.4 Å². The molecule has 36 heavy (non-hydrogen) atoms. The molecule has 1 N–H and O–H groups in total. The van der Waals surface area contributed by atoms with Crippen molar-refractivity contribution in [1.82, 2.24) is 0 Å². The van der Waals surface area contributed by atoms with Crippen LogP contribution in [0.1, 0.15) is 67.4 Å². The maximum atomic E-state index is 13.5. The van der Waals surface area contributed by atoms with Crippen molar-refractivity contribution in [1.29, 1.82) is 0 Å². The highest BCUT2D eigenvalue weighted by Gasteiger charge is 2.33. The van der Waals surface area contributed by atoms with Gasteiger partial charge in [-0.3, -0.25) is 4.79 Å². The lowest BCUT2D eigenvalue weighted by atomic mass is 9.72. The van der Waals surface area contributed by atoms with Gasteiger partial charge in [0.25, 0.3) is 5.91 Å². The number of thiophene rings is 1. The Kier molecular flexibility index (Phi) is 7.84. The molecule has 0 unspecified atom stereocenters. The minimum atomic E-state index is -0.0988. The number of nitrogens with one attached hydrogen (secondary N) is 1. The lowest BCUT2D eigenvalue weighted by Crippen LogP contribution is -2.27. The Bertz CT molecular complexity index is 1240. The van der Waals surface area contributed by atoms with Gasteiger partial charge in [-0.15, -0.1) is 11.3 Å². The summed E-state index contributed by atoms with van der Waals surface area (Å²) < 4.78 is 11.4. The van der Waals surface area contributed by atoms with Crippen LogP contribution in [0.4, 0.5) is 10.7 Å². The molecule has 1 aliphatic rings. The molecule has 6 heteroatoms. The molecule has 0 bridgehead atoms. The summed E-state index contributed by atoms with van der Waals surface area (Å²) in [7, 11) is 1.63. The van der Waals surface area contributed by atoms with Crippen LogP contribution in [0.3, 0.4) is 0 Å². The molecule has 1 amide bonds. The Labute approximate surface area is 218 Å². The molecular formula is C30H36N2O3S. The Hall–Kier alpha value is -3.12. The summed E-state index contributed by atoms with van der Waals surface area (Å²) >= 11 is 1.65. The highest BCUT2D eigenvalue weighted by molar-refractivity contribution is 7.16. The number of aliphatic imine (C=N–C) groups is 1. The predicted molar refractivity (Wildman–Crippen MR) is 150 cm³/mol. The summed E-state index contributed by atoms with van der Waals surface area (Å²) in [6.45, 7) is 10.9. The first-order chi connectivity index (χ1) is 17.2. The minimum absolute atomic E-state index is 0.0541. The van der Waals surface area contributed by atoms with Crippen molar-refractivity contribution in [2.75, 3.05) is 12.4 Å². The molecule has 1 aliphatic carbocycles. The zero-order valence-electron chi connectivity index (χ0n) is 22.1. The number of nitrogens with zero attached hydrogens (tertiary/aromatic N) is 1. The number of ether oxygens (including phenoxy) is 2. The molecule has 0 spiro atoms. The van der Waals surface area contributed by atoms with E-state index in [4.69, 9.17) is 14.5 Å². The van der Waals surface area contributed by atoms with E-state index in [1.165, 1.54) is 4.88 Å². The molecule has 3 aromatic rings. The fraction of sp³-hybridized carbons (Fsp3) is 0.400. The third-order valence-corrected chi connectivity index (χ3v) is 7.77. The quantitative estimate of drug-likeness (QED) is 0.335. The number of amides is 1. The second-order valence-electron chi connectivity index (χ2n) is 10.6. The predicted octanol–water partition coefficient (Wildman–Crippen LogP) is 7.70. The van der Waals surface area contributed by atoms with Crippen molar-refractivity contribution >= 4 is 34.1 Å². The van der Waals surface area contributed by atoms with Gasteiger partial charge in [-0.05, 0) is 85.9 Å². The number of hydrogen-bond donors (Lipinski definition) is 1. The lowest BCUT2D eigenvalue weighted by molar-refractivity contribution is 0.102. The number of hydrogen-bond acceptors (Lipinski definition) is 5. The fourth-order valence-electron chi connectivity index (χ4n) is 4.60. The van der Waals surface area contributed by atoms with E-state index in [0.717, 1.165) is 41.1 Å². The van der Waals surface area contributed by atoms with Crippen LogP contribution in [-0.2, 0) is 12.8 Å². The molecule has 0 aliphatic heterocycles. The van der Waals surface area contributed by atoms with Crippen LogP contribution in [0.25, 0.3) is 0 Å². The normalized spacial score (nSPS) is 15.7. The Morgan fingerprint density at radius 3 is 2.56 bits per heavy atom. The molecule has 1 atom stereocenters. The number of anilines is 1. The number of benzene rings is 2. The lowest BCUT2D eigenvalue weighted by Gasteiger charge is -2.33. The molecule has 0 saturated heterocycles. The van der Waals surface area contributed by atoms with Crippen LogP contribution >= 0.6 is 11.3 Å². The van der Waals surface area contributed by atoms with Gasteiger partial charge in [0.05, 0.1) is 18.8 Å². The van der Waals surface area contributed by atoms with E-state index >= 15 is 0 Å². The molecule has 0 radical (unpaired) electrons. The van der Waals surface area contributed by atoms with E-state index < -0.39 is 0 Å². The van der Waals surface area contributed by atoms with Gasteiger partial charge in [0.2, 0.25) is 0 Å². The topological polar surface area (TPSA) is 59.9 Å². The van der Waals surface area contributed by atoms with Gasteiger partial charge >= 0.3 is 0 Å². The fourth-order valence-corrected chi connectivity index (χ4v) is 5.87. The van der Waals surface area contributed by atoms with Gasteiger partial charge in [-0.25, -0.2) is 4.99 Å². The maximum Gasteiger partial charge on any atom is 0.259 e. The first-order valence-corrected chi connectivity index (χ1v) is 13.4. The first kappa shape index (κ1) is 26.0. The van der Waals surface area contributed by atoms with Crippen molar-refractivity contribution in [2.24, 2.45) is 16.3 Å². The molecule has 0 saturated carbocycles. The molecule has 1 aromatic heterocycles. The number of carbonyl (C=O) groups is 1. The highest BCUT2D eigenvalue weighted by Crippen LogP contribution is 2.45. The van der Waals surface area contributed by atoms with E-state index in [0.29, 0.717) is 23.0 Å². The Balaban J connectivity index is 1.68. The van der Waals surface area contributed by atoms with Crippen molar-refractivity contribution in [3.8, 4) is 11.5 Å². The van der Waals surface area contributed by atoms with Crippen LogP contribution in [0, 0.1) is 11.3 Å². The second kappa shape index (κ2) is 10.9. The summed E-state index contributed by atoms with van der Waals surface area (Å²) in [6, 6.07) is 15.4. The number of fused-ring (bicyclic) bond motifs is 1. The molecule has 4 rings (SSSR count). The van der Waals surface area contributed by atoms with Crippen molar-refractivity contribution in [2.45, 2.75) is 60.0 Å². The van der Waals surface area contributed by atoms with Gasteiger partial charge in [0.15, 0.2) is 11.5 Å². The molecule has 5 nitrogen and oxygen atoms in total. The van der Waals surface area contributed by atoms with Crippen LogP contribution in [0.15, 0.2) is 53.5 Å². The Morgan fingerprint density at radius 2 is 1.89 bits per heavy atom. The third kappa shape index (κ3) is 5.98. The van der Waals surface area contributed by atoms with Gasteiger partial charge in [0.1, 0.15) is 5.00 Å². The third-order valence-electron chi connectivity index (χ3n) is 6.61. The van der Waals surface area contributed by atoms with Crippen LogP contribution < -0.4 is 14.8 Å². The van der Waals surface area contributed by atoms with Gasteiger partial charge < -0.3 is 14.8 Å². The smallest absolute Gasteiger partial charge is 0.259 e. The van der Waals surface area contributed by atoms with Gasteiger partial charge in [-0.1, -0.05) is 39.0 Å². The van der Waals surface area contributed by atoms with Crippen LogP contribution in [0.5, 0.6) is 11.5 Å². The zero-order chi connectivity index (χ0) is 25.9. The summed E-state index contributed by atoms with van der Waals surface area (Å²) in [4.78, 5) is 19.6.